The van der Waals surface area contributed by atoms with E-state index in [1.807, 2.05) is 0 Å². The van der Waals surface area contributed by atoms with Gasteiger partial charge in [-0.3, -0.25) is 0 Å². The number of rotatable bonds is 5. The Labute approximate surface area is 125 Å². The third-order valence-corrected chi connectivity index (χ3v) is 4.60. The molecule has 0 saturated carbocycles. The van der Waals surface area contributed by atoms with Gasteiger partial charge in [0.25, 0.3) is 5.92 Å². The molecule has 21 heavy (non-hydrogen) atoms. The zero-order valence-electron chi connectivity index (χ0n) is 12.4. The van der Waals surface area contributed by atoms with Gasteiger partial charge in [0.15, 0.2) is 0 Å². The van der Waals surface area contributed by atoms with Crippen LogP contribution in [0, 0.1) is 5.82 Å². The molecular weight excluding hydrogens is 303 g/mol. The van der Waals surface area contributed by atoms with Crippen LogP contribution in [0.15, 0.2) is 18.2 Å². The van der Waals surface area contributed by atoms with E-state index in [4.69, 9.17) is 5.11 Å². The topological polar surface area (TPSA) is 55.3 Å². The van der Waals surface area contributed by atoms with E-state index >= 15 is 0 Å². The van der Waals surface area contributed by atoms with Crippen LogP contribution in [0.3, 0.4) is 0 Å². The highest BCUT2D eigenvalue weighted by Gasteiger charge is 2.35. The third-order valence-electron chi connectivity index (χ3n) is 2.92. The van der Waals surface area contributed by atoms with Crippen LogP contribution in [0.2, 0.25) is 0 Å². The number of aliphatic hydroxyl groups is 1. The molecule has 1 aromatic rings. The quantitative estimate of drug-likeness (QED) is 0.819. The summed E-state index contributed by atoms with van der Waals surface area (Å²) in [5, 5.41) is 8.67. The molecule has 0 aliphatic heterocycles. The van der Waals surface area contributed by atoms with Crippen LogP contribution < -0.4 is 4.72 Å². The van der Waals surface area contributed by atoms with Gasteiger partial charge >= 0.3 is 0 Å². The number of hydrogen-bond acceptors (Lipinski definition) is 3. The minimum absolute atomic E-state index is 0.372. The second kappa shape index (κ2) is 6.56. The second-order valence-corrected chi connectivity index (χ2v) is 7.82. The minimum Gasteiger partial charge on any atom is -0.598 e. The van der Waals surface area contributed by atoms with Crippen molar-refractivity contribution in [3.05, 3.63) is 35.1 Å². The maximum absolute atomic E-state index is 13.5. The number of aliphatic hydroxyl groups excluding tert-OH is 1. The molecular formula is C14H20F3NO2S. The SMILES string of the molecule is C[C@H](N[S@+]([O-])C(C)(C)C)c1ccc(F)c(C(F)(F)CO)c1. The Kier molecular flexibility index (Phi) is 5.71. The van der Waals surface area contributed by atoms with Gasteiger partial charge in [-0.15, -0.1) is 4.72 Å². The largest absolute Gasteiger partial charge is 0.598 e. The lowest BCUT2D eigenvalue weighted by molar-refractivity contribution is -0.0583. The summed E-state index contributed by atoms with van der Waals surface area (Å²) in [6, 6.07) is 2.76. The van der Waals surface area contributed by atoms with Crippen molar-refractivity contribution >= 4 is 11.4 Å². The van der Waals surface area contributed by atoms with Crippen LogP contribution in [-0.4, -0.2) is 21.0 Å². The van der Waals surface area contributed by atoms with Gasteiger partial charge < -0.3 is 9.66 Å². The first-order valence-electron chi connectivity index (χ1n) is 6.45. The Bertz CT molecular complexity index is 492. The molecule has 0 amide bonds. The zero-order chi connectivity index (χ0) is 16.4. The van der Waals surface area contributed by atoms with Crippen molar-refractivity contribution in [3.63, 3.8) is 0 Å². The van der Waals surface area contributed by atoms with Crippen LogP contribution in [-0.2, 0) is 17.3 Å². The van der Waals surface area contributed by atoms with Crippen molar-refractivity contribution in [2.75, 3.05) is 6.61 Å². The fourth-order valence-corrected chi connectivity index (χ4v) is 2.39. The lowest BCUT2D eigenvalue weighted by atomic mass is 10.0. The van der Waals surface area contributed by atoms with E-state index in [1.54, 1.807) is 27.7 Å². The molecule has 0 radical (unpaired) electrons. The Morgan fingerprint density at radius 1 is 1.33 bits per heavy atom. The standard InChI is InChI=1S/C14H20F3NO2S/c1-9(18-21(20)13(2,3)4)10-5-6-12(15)11(7-10)14(16,17)8-19/h5-7,9,18-19H,8H2,1-4H3/t9-,21+/m0/s1. The maximum Gasteiger partial charge on any atom is 0.298 e. The Balaban J connectivity index is 3.02. The fraction of sp³-hybridized carbons (Fsp3) is 0.571. The molecule has 0 saturated heterocycles. The first kappa shape index (κ1) is 18.3. The van der Waals surface area contributed by atoms with Crippen LogP contribution in [0.5, 0.6) is 0 Å². The van der Waals surface area contributed by atoms with Crippen molar-refractivity contribution in [1.82, 2.24) is 4.72 Å². The molecule has 0 aromatic heterocycles. The molecule has 0 spiro atoms. The summed E-state index contributed by atoms with van der Waals surface area (Å²) in [5.41, 5.74) is -0.491. The van der Waals surface area contributed by atoms with Gasteiger partial charge in [0.05, 0.1) is 11.6 Å². The number of hydrogen-bond donors (Lipinski definition) is 2. The second-order valence-electron chi connectivity index (χ2n) is 5.82. The smallest absolute Gasteiger partial charge is 0.298 e. The van der Waals surface area contributed by atoms with Crippen LogP contribution in [0.1, 0.15) is 44.9 Å². The van der Waals surface area contributed by atoms with Gasteiger partial charge in [0.2, 0.25) is 0 Å². The van der Waals surface area contributed by atoms with Crippen LogP contribution >= 0.6 is 0 Å². The van der Waals surface area contributed by atoms with Crippen molar-refractivity contribution in [2.24, 2.45) is 0 Å². The van der Waals surface area contributed by atoms with Gasteiger partial charge in [-0.25, -0.2) is 4.39 Å². The van der Waals surface area contributed by atoms with Crippen molar-refractivity contribution in [2.45, 2.75) is 44.4 Å². The minimum atomic E-state index is -3.65. The molecule has 120 valence electrons. The number of halogens is 3. The lowest BCUT2D eigenvalue weighted by Crippen LogP contribution is -2.40. The Hall–Kier alpha value is -0.760. The maximum atomic E-state index is 13.5. The van der Waals surface area contributed by atoms with Gasteiger partial charge in [0.1, 0.15) is 17.2 Å². The predicted molar refractivity (Wildman–Crippen MR) is 76.8 cm³/mol. The summed E-state index contributed by atoms with van der Waals surface area (Å²) in [5.74, 6) is -4.73. The van der Waals surface area contributed by atoms with Crippen LogP contribution in [0.4, 0.5) is 13.2 Å². The van der Waals surface area contributed by atoms with Gasteiger partial charge in [-0.05, 0) is 45.4 Å². The average Bonchev–Trinajstić information content (AvgIpc) is 2.37. The first-order chi connectivity index (χ1) is 9.49. The summed E-state index contributed by atoms with van der Waals surface area (Å²) in [4.78, 5) is 0. The van der Waals surface area contributed by atoms with Crippen LogP contribution in [0.25, 0.3) is 0 Å². The number of nitrogens with one attached hydrogen (secondary N) is 1. The molecule has 0 aliphatic carbocycles. The van der Waals surface area contributed by atoms with E-state index in [-0.39, 0.29) is 0 Å². The molecule has 3 nitrogen and oxygen atoms in total. The number of alkyl halides is 2. The summed E-state index contributed by atoms with van der Waals surface area (Å²) in [7, 11) is 0. The van der Waals surface area contributed by atoms with E-state index in [0.29, 0.717) is 5.56 Å². The molecule has 0 fully saturated rings. The Morgan fingerprint density at radius 2 is 1.90 bits per heavy atom. The van der Waals surface area contributed by atoms with Gasteiger partial charge in [-0.1, -0.05) is 6.07 Å². The molecule has 1 rings (SSSR count). The van der Waals surface area contributed by atoms with E-state index in [9.17, 15) is 17.7 Å². The lowest BCUT2D eigenvalue weighted by Gasteiger charge is -2.27. The van der Waals surface area contributed by atoms with E-state index in [0.717, 1.165) is 12.1 Å². The van der Waals surface area contributed by atoms with E-state index < -0.39 is 46.1 Å². The van der Waals surface area contributed by atoms with E-state index in [1.165, 1.54) is 6.07 Å². The molecule has 1 aromatic carbocycles. The normalized spacial score (nSPS) is 15.9. The molecule has 0 heterocycles. The molecule has 0 bridgehead atoms. The molecule has 2 N–H and O–H groups in total. The monoisotopic (exact) mass is 323 g/mol. The highest BCUT2D eigenvalue weighted by atomic mass is 32.2. The van der Waals surface area contributed by atoms with Crippen molar-refractivity contribution in [3.8, 4) is 0 Å². The summed E-state index contributed by atoms with van der Waals surface area (Å²) >= 11 is -1.38. The van der Waals surface area contributed by atoms with Crippen molar-refractivity contribution < 1.29 is 22.8 Å². The number of benzene rings is 1. The first-order valence-corrected chi connectivity index (χ1v) is 7.60. The molecule has 0 aliphatic rings. The predicted octanol–water partition coefficient (Wildman–Crippen LogP) is 3.02. The highest BCUT2D eigenvalue weighted by Crippen LogP contribution is 2.31. The fourth-order valence-electron chi connectivity index (χ4n) is 1.58. The van der Waals surface area contributed by atoms with Gasteiger partial charge in [-0.2, -0.15) is 8.78 Å². The average molecular weight is 323 g/mol. The summed E-state index contributed by atoms with van der Waals surface area (Å²) < 4.78 is 54.7. The zero-order valence-corrected chi connectivity index (χ0v) is 13.2. The summed E-state index contributed by atoms with van der Waals surface area (Å²) in [6.07, 6.45) is 0. The molecule has 2 atom stereocenters. The summed E-state index contributed by atoms with van der Waals surface area (Å²) in [6.45, 7) is 5.51. The van der Waals surface area contributed by atoms with E-state index in [2.05, 4.69) is 4.72 Å². The highest BCUT2D eigenvalue weighted by molar-refractivity contribution is 7.90. The molecule has 0 unspecified atom stereocenters. The molecule has 7 heteroatoms. The Morgan fingerprint density at radius 3 is 2.38 bits per heavy atom. The van der Waals surface area contributed by atoms with Gasteiger partial charge in [0, 0.05) is 11.4 Å². The third kappa shape index (κ3) is 4.60. The van der Waals surface area contributed by atoms with Crippen molar-refractivity contribution in [1.29, 1.82) is 0 Å².